The van der Waals surface area contributed by atoms with E-state index >= 15 is 0 Å². The maximum absolute atomic E-state index is 13.5. The van der Waals surface area contributed by atoms with Crippen molar-refractivity contribution in [1.29, 1.82) is 0 Å². The van der Waals surface area contributed by atoms with Crippen molar-refractivity contribution in [2.24, 2.45) is 0 Å². The molecule has 8 nitrogen and oxygen atoms in total. The molecular weight excluding hydrogens is 580 g/mol. The highest BCUT2D eigenvalue weighted by atomic mass is 79.9. The number of urea groups is 1. The number of ether oxygens (including phenoxy) is 1. The van der Waals surface area contributed by atoms with Crippen LogP contribution in [-0.2, 0) is 29.0 Å². The monoisotopic (exact) mass is 612 g/mol. The summed E-state index contributed by atoms with van der Waals surface area (Å²) in [7, 11) is 1.36. The molecule has 1 aliphatic rings. The van der Waals surface area contributed by atoms with Crippen LogP contribution >= 0.6 is 27.3 Å². The number of imidazole rings is 1. The van der Waals surface area contributed by atoms with Gasteiger partial charge in [0.25, 0.3) is 5.91 Å². The van der Waals surface area contributed by atoms with Gasteiger partial charge >= 0.3 is 12.0 Å². The number of amides is 3. The highest BCUT2D eigenvalue weighted by Crippen LogP contribution is 2.29. The Morgan fingerprint density at radius 2 is 1.82 bits per heavy atom. The third kappa shape index (κ3) is 6.67. The third-order valence-corrected chi connectivity index (χ3v) is 8.29. The quantitative estimate of drug-likeness (QED) is 0.133. The second kappa shape index (κ2) is 13.2. The van der Waals surface area contributed by atoms with Crippen LogP contribution in [0.2, 0.25) is 0 Å². The van der Waals surface area contributed by atoms with Crippen molar-refractivity contribution in [3.63, 3.8) is 0 Å². The number of carbonyl (C=O) groups excluding carboxylic acids is 3. The number of methoxy groups -OCH3 is 1. The molecule has 1 aromatic carbocycles. The predicted octanol–water partition coefficient (Wildman–Crippen LogP) is 6.49. The first-order valence-electron chi connectivity index (χ1n) is 13.2. The number of imide groups is 1. The lowest BCUT2D eigenvalue weighted by Crippen LogP contribution is -2.33. The molecule has 206 valence electrons. The Balaban J connectivity index is 1.71. The van der Waals surface area contributed by atoms with Crippen molar-refractivity contribution in [3.05, 3.63) is 79.6 Å². The number of hydrogen-bond donors (Lipinski definition) is 0. The molecule has 1 fully saturated rings. The summed E-state index contributed by atoms with van der Waals surface area (Å²) in [5.74, 6) is 0.247. The van der Waals surface area contributed by atoms with Crippen LogP contribution in [0.1, 0.15) is 71.8 Å². The van der Waals surface area contributed by atoms with E-state index in [1.165, 1.54) is 12.0 Å². The van der Waals surface area contributed by atoms with Crippen LogP contribution in [-0.4, -0.2) is 50.9 Å². The van der Waals surface area contributed by atoms with Crippen LogP contribution in [0, 0.1) is 0 Å². The van der Waals surface area contributed by atoms with Gasteiger partial charge in [0.1, 0.15) is 11.5 Å². The first-order valence-corrected chi connectivity index (χ1v) is 14.8. The summed E-state index contributed by atoms with van der Waals surface area (Å²) < 4.78 is 7.85. The molecule has 0 atom stereocenters. The Hall–Kier alpha value is -3.24. The van der Waals surface area contributed by atoms with Gasteiger partial charge < -0.3 is 9.30 Å². The Bertz CT molecular complexity index is 1360. The minimum absolute atomic E-state index is 0.283. The molecule has 2 aromatic heterocycles. The van der Waals surface area contributed by atoms with Gasteiger partial charge in [0.05, 0.1) is 31.1 Å². The fraction of sp³-hybridized carbons (Fsp3) is 0.379. The Morgan fingerprint density at radius 3 is 2.46 bits per heavy atom. The first-order chi connectivity index (χ1) is 18.9. The molecule has 10 heteroatoms. The van der Waals surface area contributed by atoms with Gasteiger partial charge in [-0.3, -0.25) is 14.6 Å². The summed E-state index contributed by atoms with van der Waals surface area (Å²) >= 11 is 5.02. The fourth-order valence-corrected chi connectivity index (χ4v) is 5.87. The molecule has 3 aromatic rings. The fourth-order valence-electron chi connectivity index (χ4n) is 4.44. The van der Waals surface area contributed by atoms with Crippen LogP contribution < -0.4 is 0 Å². The molecule has 39 heavy (non-hydrogen) atoms. The molecule has 3 amide bonds. The van der Waals surface area contributed by atoms with Crippen LogP contribution in [0.5, 0.6) is 0 Å². The Labute approximate surface area is 241 Å². The largest absolute Gasteiger partial charge is 0.465 e. The normalized spacial score (nSPS) is 14.6. The average Bonchev–Trinajstić information content (AvgIpc) is 3.59. The number of rotatable bonds is 12. The first kappa shape index (κ1) is 28.8. The van der Waals surface area contributed by atoms with Crippen molar-refractivity contribution in [2.75, 3.05) is 13.7 Å². The summed E-state index contributed by atoms with van der Waals surface area (Å²) in [4.78, 5) is 47.4. The van der Waals surface area contributed by atoms with E-state index in [0.29, 0.717) is 30.9 Å². The smallest absolute Gasteiger partial charge is 0.337 e. The number of aromatic nitrogens is 2. The van der Waals surface area contributed by atoms with Gasteiger partial charge in [0.15, 0.2) is 0 Å². The molecule has 0 spiro atoms. The molecule has 0 unspecified atom stereocenters. The van der Waals surface area contributed by atoms with Crippen molar-refractivity contribution in [3.8, 4) is 0 Å². The van der Waals surface area contributed by atoms with Gasteiger partial charge in [-0.25, -0.2) is 14.6 Å². The van der Waals surface area contributed by atoms with Crippen molar-refractivity contribution >= 4 is 51.3 Å². The number of benzene rings is 1. The minimum atomic E-state index is -0.381. The predicted molar refractivity (Wildman–Crippen MR) is 155 cm³/mol. The molecule has 1 saturated heterocycles. The van der Waals surface area contributed by atoms with Gasteiger partial charge in [-0.2, -0.15) is 0 Å². The van der Waals surface area contributed by atoms with Crippen molar-refractivity contribution < 1.29 is 19.1 Å². The SMILES string of the molecule is CCCCc1ncc(/C=C2/C(=O)N(CCCC)C(=O)N2Cc2cc(Br)cs2)n1Cc1ccc(C(=O)OC)cc1. The van der Waals surface area contributed by atoms with Crippen LogP contribution in [0.4, 0.5) is 4.79 Å². The van der Waals surface area contributed by atoms with E-state index in [0.717, 1.165) is 58.5 Å². The lowest BCUT2D eigenvalue weighted by Gasteiger charge is -2.16. The van der Waals surface area contributed by atoms with E-state index in [1.54, 1.807) is 40.6 Å². The van der Waals surface area contributed by atoms with Crippen molar-refractivity contribution in [1.82, 2.24) is 19.4 Å². The minimum Gasteiger partial charge on any atom is -0.465 e. The molecular formula is C29H33BrN4O4S. The zero-order valence-corrected chi connectivity index (χ0v) is 24.9. The average molecular weight is 614 g/mol. The van der Waals surface area contributed by atoms with Gasteiger partial charge in [-0.1, -0.05) is 38.8 Å². The lowest BCUT2D eigenvalue weighted by atomic mass is 10.1. The highest BCUT2D eigenvalue weighted by molar-refractivity contribution is 9.10. The van der Waals surface area contributed by atoms with Crippen molar-refractivity contribution in [2.45, 2.75) is 59.0 Å². The van der Waals surface area contributed by atoms with Crippen LogP contribution in [0.3, 0.4) is 0 Å². The molecule has 0 bridgehead atoms. The van der Waals surface area contributed by atoms with Crippen LogP contribution in [0.25, 0.3) is 6.08 Å². The van der Waals surface area contributed by atoms with E-state index in [-0.39, 0.29) is 17.9 Å². The van der Waals surface area contributed by atoms with Gasteiger partial charge in [0, 0.05) is 34.2 Å². The summed E-state index contributed by atoms with van der Waals surface area (Å²) in [5, 5.41) is 1.97. The van der Waals surface area contributed by atoms with Gasteiger partial charge in [-0.15, -0.1) is 11.3 Å². The number of thiophene rings is 1. The maximum atomic E-state index is 13.5. The summed E-state index contributed by atoms with van der Waals surface area (Å²) in [6.07, 6.45) is 8.01. The summed E-state index contributed by atoms with van der Waals surface area (Å²) in [6, 6.07) is 8.95. The maximum Gasteiger partial charge on any atom is 0.337 e. The summed E-state index contributed by atoms with van der Waals surface area (Å²) in [6.45, 7) is 5.40. The Kier molecular flexibility index (Phi) is 9.74. The van der Waals surface area contributed by atoms with E-state index in [4.69, 9.17) is 4.74 Å². The number of aryl methyl sites for hydroxylation is 1. The van der Waals surface area contributed by atoms with Gasteiger partial charge in [0.2, 0.25) is 0 Å². The molecule has 4 rings (SSSR count). The lowest BCUT2D eigenvalue weighted by molar-refractivity contribution is -0.123. The molecule has 0 radical (unpaired) electrons. The molecule has 0 aliphatic carbocycles. The molecule has 0 saturated carbocycles. The van der Waals surface area contributed by atoms with E-state index in [2.05, 4.69) is 32.4 Å². The zero-order valence-electron chi connectivity index (χ0n) is 22.5. The molecule has 1 aliphatic heterocycles. The Morgan fingerprint density at radius 1 is 1.08 bits per heavy atom. The van der Waals surface area contributed by atoms with E-state index in [1.807, 2.05) is 30.5 Å². The van der Waals surface area contributed by atoms with Crippen LogP contribution in [0.15, 0.2) is 52.1 Å². The third-order valence-electron chi connectivity index (χ3n) is 6.61. The standard InChI is InChI=1S/C29H33BrN4O4S/c1-4-6-8-26-31-16-23(33(26)17-20-9-11-21(12-10-20)28(36)38-3)15-25-27(35)32(13-7-5-2)29(37)34(25)18-24-14-22(30)19-39-24/h9-12,14-16,19H,4-8,13,17-18H2,1-3H3/b25-15-. The topological polar surface area (TPSA) is 84.7 Å². The number of halogens is 1. The number of carbonyl (C=O) groups is 3. The van der Waals surface area contributed by atoms with Gasteiger partial charge in [-0.05, 0) is 58.6 Å². The number of nitrogens with zero attached hydrogens (tertiary/aromatic N) is 4. The molecule has 3 heterocycles. The summed E-state index contributed by atoms with van der Waals surface area (Å²) in [5.41, 5.74) is 2.57. The molecule has 0 N–H and O–H groups in total. The highest BCUT2D eigenvalue weighted by Gasteiger charge is 2.41. The number of esters is 1. The second-order valence-corrected chi connectivity index (χ2v) is 11.3. The number of unbranched alkanes of at least 4 members (excludes halogenated alkanes) is 2. The zero-order chi connectivity index (χ0) is 27.9. The van der Waals surface area contributed by atoms with E-state index < -0.39 is 0 Å². The second-order valence-electron chi connectivity index (χ2n) is 9.42. The number of hydrogen-bond acceptors (Lipinski definition) is 6. The van der Waals surface area contributed by atoms with E-state index in [9.17, 15) is 14.4 Å².